The Morgan fingerprint density at radius 1 is 1.43 bits per heavy atom. The van der Waals surface area contributed by atoms with Crippen LogP contribution in [0.5, 0.6) is 0 Å². The van der Waals surface area contributed by atoms with E-state index in [4.69, 9.17) is 4.42 Å². The number of carbonyl (C=O) groups is 1. The molecule has 2 aromatic rings. The molecule has 124 valence electrons. The second-order valence-electron chi connectivity index (χ2n) is 5.86. The molecule has 0 unspecified atom stereocenters. The number of aromatic nitrogens is 2. The molecule has 3 rings (SSSR count). The predicted octanol–water partition coefficient (Wildman–Crippen LogP) is 3.98. The molecule has 1 aliphatic rings. The molecule has 1 saturated carbocycles. The fraction of sp³-hybridized carbons (Fsp3) is 0.562. The first-order valence-corrected chi connectivity index (χ1v) is 9.80. The number of hydrogen-bond donors (Lipinski definition) is 1. The van der Waals surface area contributed by atoms with E-state index < -0.39 is 0 Å². The summed E-state index contributed by atoms with van der Waals surface area (Å²) in [5.74, 6) is 1.19. The predicted molar refractivity (Wildman–Crippen MR) is 92.5 cm³/mol. The van der Waals surface area contributed by atoms with Crippen molar-refractivity contribution >= 4 is 29.0 Å². The first-order chi connectivity index (χ1) is 11.2. The van der Waals surface area contributed by atoms with Crippen molar-refractivity contribution < 1.29 is 9.21 Å². The van der Waals surface area contributed by atoms with Crippen molar-refractivity contribution in [2.24, 2.45) is 5.92 Å². The molecule has 0 aliphatic heterocycles. The summed E-state index contributed by atoms with van der Waals surface area (Å²) in [6.07, 6.45) is 6.38. The number of nitrogens with zero attached hydrogens (tertiary/aromatic N) is 2. The number of nitrogens with one attached hydrogen (secondary N) is 1. The van der Waals surface area contributed by atoms with Crippen LogP contribution in [0.15, 0.2) is 27.2 Å². The number of thiophene rings is 1. The fourth-order valence-electron chi connectivity index (χ4n) is 2.74. The highest BCUT2D eigenvalue weighted by Crippen LogP contribution is 2.28. The van der Waals surface area contributed by atoms with E-state index in [0.29, 0.717) is 17.0 Å². The van der Waals surface area contributed by atoms with Crippen molar-refractivity contribution in [3.05, 3.63) is 17.5 Å². The van der Waals surface area contributed by atoms with E-state index in [0.717, 1.165) is 11.4 Å². The maximum Gasteiger partial charge on any atom is 0.277 e. The molecule has 1 atom stereocenters. The lowest BCUT2D eigenvalue weighted by Gasteiger charge is -2.22. The van der Waals surface area contributed by atoms with Gasteiger partial charge in [0.25, 0.3) is 11.1 Å². The molecule has 0 saturated heterocycles. The molecule has 0 radical (unpaired) electrons. The second-order valence-corrected chi connectivity index (χ2v) is 8.10. The Morgan fingerprint density at radius 2 is 2.26 bits per heavy atom. The standard InChI is InChI=1S/C16H21N3O2S2/c1-11(14(20)17-10-12-6-3-2-4-7-12)23-16-19-18-15(21-16)13-8-5-9-22-13/h5,8-9,11-12H,2-4,6-7,10H2,1H3,(H,17,20)/t11-/m0/s1. The molecule has 1 amide bonds. The van der Waals surface area contributed by atoms with E-state index in [9.17, 15) is 4.79 Å². The summed E-state index contributed by atoms with van der Waals surface area (Å²) in [7, 11) is 0. The quantitative estimate of drug-likeness (QED) is 0.798. The first-order valence-electron chi connectivity index (χ1n) is 8.04. The molecular formula is C16H21N3O2S2. The van der Waals surface area contributed by atoms with Crippen LogP contribution in [-0.4, -0.2) is 27.9 Å². The van der Waals surface area contributed by atoms with Gasteiger partial charge < -0.3 is 9.73 Å². The van der Waals surface area contributed by atoms with Crippen molar-refractivity contribution in [3.8, 4) is 10.8 Å². The molecule has 0 spiro atoms. The Hall–Kier alpha value is -1.34. The normalized spacial score (nSPS) is 17.1. The Bertz CT molecular complexity index is 621. The monoisotopic (exact) mass is 351 g/mol. The average Bonchev–Trinajstić information content (AvgIpc) is 3.24. The van der Waals surface area contributed by atoms with Gasteiger partial charge >= 0.3 is 0 Å². The van der Waals surface area contributed by atoms with Gasteiger partial charge in [0.05, 0.1) is 10.1 Å². The Balaban J connectivity index is 1.48. The summed E-state index contributed by atoms with van der Waals surface area (Å²) in [5.41, 5.74) is 0. The third kappa shape index (κ3) is 4.57. The highest BCUT2D eigenvalue weighted by Gasteiger charge is 2.20. The first kappa shape index (κ1) is 16.5. The van der Waals surface area contributed by atoms with Gasteiger partial charge in [0.15, 0.2) is 0 Å². The van der Waals surface area contributed by atoms with Gasteiger partial charge in [-0.3, -0.25) is 4.79 Å². The lowest BCUT2D eigenvalue weighted by Crippen LogP contribution is -2.35. The maximum atomic E-state index is 12.2. The molecule has 1 N–H and O–H groups in total. The van der Waals surface area contributed by atoms with Gasteiger partial charge in [-0.1, -0.05) is 37.1 Å². The summed E-state index contributed by atoms with van der Waals surface area (Å²) in [6, 6.07) is 3.88. The van der Waals surface area contributed by atoms with Gasteiger partial charge in [0, 0.05) is 6.54 Å². The number of amides is 1. The van der Waals surface area contributed by atoms with Gasteiger partial charge in [-0.15, -0.1) is 21.5 Å². The van der Waals surface area contributed by atoms with E-state index in [1.165, 1.54) is 43.9 Å². The minimum Gasteiger partial charge on any atom is -0.410 e. The van der Waals surface area contributed by atoms with Crippen molar-refractivity contribution in [1.82, 2.24) is 15.5 Å². The lowest BCUT2D eigenvalue weighted by molar-refractivity contribution is -0.120. The molecular weight excluding hydrogens is 330 g/mol. The van der Waals surface area contributed by atoms with Gasteiger partial charge in [0.1, 0.15) is 0 Å². The molecule has 1 aliphatic carbocycles. The molecule has 1 fully saturated rings. The molecule has 5 nitrogen and oxygen atoms in total. The summed E-state index contributed by atoms with van der Waals surface area (Å²) >= 11 is 2.86. The van der Waals surface area contributed by atoms with Crippen molar-refractivity contribution in [1.29, 1.82) is 0 Å². The van der Waals surface area contributed by atoms with Gasteiger partial charge in [-0.05, 0) is 37.1 Å². The van der Waals surface area contributed by atoms with Crippen LogP contribution >= 0.6 is 23.1 Å². The third-order valence-corrected chi connectivity index (χ3v) is 5.87. The van der Waals surface area contributed by atoms with Crippen LogP contribution in [0.4, 0.5) is 0 Å². The van der Waals surface area contributed by atoms with Crippen LogP contribution < -0.4 is 5.32 Å². The minimum absolute atomic E-state index is 0.0384. The van der Waals surface area contributed by atoms with E-state index in [2.05, 4.69) is 15.5 Å². The number of carbonyl (C=O) groups excluding carboxylic acids is 1. The lowest BCUT2D eigenvalue weighted by atomic mass is 9.89. The fourth-order valence-corrected chi connectivity index (χ4v) is 4.09. The summed E-state index contributed by atoms with van der Waals surface area (Å²) in [5, 5.41) is 13.3. The van der Waals surface area contributed by atoms with E-state index in [1.807, 2.05) is 24.4 Å². The number of thioether (sulfide) groups is 1. The molecule has 0 bridgehead atoms. The molecule has 0 aromatic carbocycles. The highest BCUT2D eigenvalue weighted by atomic mass is 32.2. The number of hydrogen-bond acceptors (Lipinski definition) is 6. The third-order valence-electron chi connectivity index (χ3n) is 4.07. The molecule has 23 heavy (non-hydrogen) atoms. The van der Waals surface area contributed by atoms with Crippen molar-refractivity contribution in [3.63, 3.8) is 0 Å². The van der Waals surface area contributed by atoms with Gasteiger partial charge in [-0.2, -0.15) is 0 Å². The Kier molecular flexibility index (Phi) is 5.72. The minimum atomic E-state index is -0.241. The van der Waals surface area contributed by atoms with Crippen LogP contribution in [0.2, 0.25) is 0 Å². The van der Waals surface area contributed by atoms with Crippen LogP contribution in [0, 0.1) is 5.92 Å². The maximum absolute atomic E-state index is 12.2. The largest absolute Gasteiger partial charge is 0.410 e. The zero-order valence-corrected chi connectivity index (χ0v) is 14.8. The highest BCUT2D eigenvalue weighted by molar-refractivity contribution is 8.00. The van der Waals surface area contributed by atoms with Gasteiger partial charge in [-0.25, -0.2) is 0 Å². The Morgan fingerprint density at radius 3 is 3.00 bits per heavy atom. The van der Waals surface area contributed by atoms with Crippen LogP contribution in [-0.2, 0) is 4.79 Å². The van der Waals surface area contributed by atoms with E-state index in [1.54, 1.807) is 11.3 Å². The van der Waals surface area contributed by atoms with Crippen LogP contribution in [0.25, 0.3) is 10.8 Å². The summed E-state index contributed by atoms with van der Waals surface area (Å²) < 4.78 is 5.61. The van der Waals surface area contributed by atoms with E-state index in [-0.39, 0.29) is 11.2 Å². The Labute approximate surface area is 144 Å². The van der Waals surface area contributed by atoms with E-state index >= 15 is 0 Å². The summed E-state index contributed by atoms with van der Waals surface area (Å²) in [4.78, 5) is 13.1. The topological polar surface area (TPSA) is 68.0 Å². The average molecular weight is 351 g/mol. The van der Waals surface area contributed by atoms with Crippen LogP contribution in [0.1, 0.15) is 39.0 Å². The zero-order valence-electron chi connectivity index (χ0n) is 13.2. The smallest absolute Gasteiger partial charge is 0.277 e. The number of rotatable bonds is 6. The van der Waals surface area contributed by atoms with Crippen LogP contribution in [0.3, 0.4) is 0 Å². The SMILES string of the molecule is C[C@H](Sc1nnc(-c2cccs2)o1)C(=O)NCC1CCCCC1. The second kappa shape index (κ2) is 7.97. The molecule has 2 aromatic heterocycles. The van der Waals surface area contributed by atoms with Crippen molar-refractivity contribution in [2.45, 2.75) is 49.5 Å². The molecule has 7 heteroatoms. The van der Waals surface area contributed by atoms with Crippen molar-refractivity contribution in [2.75, 3.05) is 6.54 Å². The van der Waals surface area contributed by atoms with Gasteiger partial charge in [0.2, 0.25) is 5.91 Å². The zero-order chi connectivity index (χ0) is 16.1. The molecule has 2 heterocycles. The summed E-state index contributed by atoms with van der Waals surface area (Å²) in [6.45, 7) is 2.66.